The van der Waals surface area contributed by atoms with Crippen LogP contribution in [0.1, 0.15) is 19.5 Å². The SMILES string of the molecule is COc1cc(-c2ccc(F)cc2F)nc(C(C)(C)N2CCN(c3ccccc3)C2)c1. The first kappa shape index (κ1) is 20.3. The van der Waals surface area contributed by atoms with E-state index in [1.807, 2.05) is 24.3 Å². The Bertz CT molecular complexity index is 1040. The third-order valence-electron chi connectivity index (χ3n) is 5.76. The molecule has 0 bridgehead atoms. The summed E-state index contributed by atoms with van der Waals surface area (Å²) in [5.41, 5.74) is 2.22. The zero-order valence-electron chi connectivity index (χ0n) is 17.4. The Morgan fingerprint density at radius 3 is 2.43 bits per heavy atom. The number of pyridine rings is 1. The topological polar surface area (TPSA) is 28.6 Å². The molecule has 6 heteroatoms. The van der Waals surface area contributed by atoms with Crippen LogP contribution >= 0.6 is 0 Å². The van der Waals surface area contributed by atoms with Crippen molar-refractivity contribution < 1.29 is 13.5 Å². The monoisotopic (exact) mass is 409 g/mol. The minimum atomic E-state index is -0.643. The number of ether oxygens (including phenoxy) is 1. The lowest BCUT2D eigenvalue weighted by atomic mass is 9.96. The van der Waals surface area contributed by atoms with Gasteiger partial charge in [-0.25, -0.2) is 8.78 Å². The molecule has 1 saturated heterocycles. The van der Waals surface area contributed by atoms with Crippen molar-refractivity contribution >= 4 is 5.69 Å². The van der Waals surface area contributed by atoms with E-state index in [4.69, 9.17) is 9.72 Å². The summed E-state index contributed by atoms with van der Waals surface area (Å²) in [5.74, 6) is -0.667. The standard InChI is InChI=1S/C24H25F2N3O/c1-24(2,29-12-11-28(16-29)18-7-5-4-6-8-18)23-15-19(30-3)14-22(27-23)20-10-9-17(25)13-21(20)26/h4-10,13-15H,11-12,16H2,1-3H3. The van der Waals surface area contributed by atoms with E-state index in [1.54, 1.807) is 13.2 Å². The van der Waals surface area contributed by atoms with Gasteiger partial charge in [-0.1, -0.05) is 18.2 Å². The van der Waals surface area contributed by atoms with Crippen LogP contribution in [0, 0.1) is 11.6 Å². The Morgan fingerprint density at radius 1 is 0.967 bits per heavy atom. The van der Waals surface area contributed by atoms with Crippen molar-refractivity contribution in [3.05, 3.63) is 78.0 Å². The zero-order valence-corrected chi connectivity index (χ0v) is 17.4. The fraction of sp³-hybridized carbons (Fsp3) is 0.292. The highest BCUT2D eigenvalue weighted by Gasteiger charge is 2.35. The molecule has 0 aliphatic carbocycles. The van der Waals surface area contributed by atoms with Gasteiger partial charge in [-0.2, -0.15) is 0 Å². The fourth-order valence-electron chi connectivity index (χ4n) is 3.83. The third-order valence-corrected chi connectivity index (χ3v) is 5.76. The van der Waals surface area contributed by atoms with Crippen LogP contribution < -0.4 is 9.64 Å². The molecule has 0 unspecified atom stereocenters. The molecule has 0 radical (unpaired) electrons. The molecular weight excluding hydrogens is 384 g/mol. The molecule has 2 heterocycles. The molecule has 156 valence electrons. The van der Waals surface area contributed by atoms with Crippen LogP contribution in [-0.4, -0.2) is 36.8 Å². The van der Waals surface area contributed by atoms with Crippen LogP contribution in [0.3, 0.4) is 0 Å². The van der Waals surface area contributed by atoms with Gasteiger partial charge < -0.3 is 9.64 Å². The van der Waals surface area contributed by atoms with E-state index in [0.717, 1.165) is 31.5 Å². The molecule has 0 amide bonds. The highest BCUT2D eigenvalue weighted by Crippen LogP contribution is 2.35. The van der Waals surface area contributed by atoms with E-state index >= 15 is 0 Å². The summed E-state index contributed by atoms with van der Waals surface area (Å²) in [6, 6.07) is 17.4. The second kappa shape index (κ2) is 8.03. The minimum absolute atomic E-state index is 0.250. The van der Waals surface area contributed by atoms with E-state index in [9.17, 15) is 8.78 Å². The number of nitrogens with zero attached hydrogens (tertiary/aromatic N) is 3. The van der Waals surface area contributed by atoms with Gasteiger partial charge in [-0.15, -0.1) is 0 Å². The Kier molecular flexibility index (Phi) is 5.43. The molecule has 1 aromatic heterocycles. The number of hydrogen-bond acceptors (Lipinski definition) is 4. The number of rotatable bonds is 5. The molecule has 4 rings (SSSR count). The van der Waals surface area contributed by atoms with Gasteiger partial charge in [0, 0.05) is 42.5 Å². The van der Waals surface area contributed by atoms with Crippen LogP contribution in [-0.2, 0) is 5.54 Å². The summed E-state index contributed by atoms with van der Waals surface area (Å²) >= 11 is 0. The van der Waals surface area contributed by atoms with E-state index in [2.05, 4.69) is 35.8 Å². The molecule has 4 nitrogen and oxygen atoms in total. The van der Waals surface area contributed by atoms with Gasteiger partial charge in [0.1, 0.15) is 17.4 Å². The number of aromatic nitrogens is 1. The smallest absolute Gasteiger partial charge is 0.135 e. The summed E-state index contributed by atoms with van der Waals surface area (Å²) in [6.07, 6.45) is 0. The predicted octanol–water partition coefficient (Wildman–Crippen LogP) is 5.05. The molecule has 3 aromatic rings. The maximum atomic E-state index is 14.4. The fourth-order valence-corrected chi connectivity index (χ4v) is 3.83. The van der Waals surface area contributed by atoms with E-state index in [1.165, 1.54) is 17.8 Å². The molecule has 2 aromatic carbocycles. The Morgan fingerprint density at radius 2 is 1.73 bits per heavy atom. The summed E-state index contributed by atoms with van der Waals surface area (Å²) in [7, 11) is 1.57. The van der Waals surface area contributed by atoms with Crippen LogP contribution in [0.15, 0.2) is 60.7 Å². The molecule has 1 fully saturated rings. The molecule has 30 heavy (non-hydrogen) atoms. The third kappa shape index (κ3) is 3.87. The summed E-state index contributed by atoms with van der Waals surface area (Å²) in [4.78, 5) is 9.42. The van der Waals surface area contributed by atoms with Crippen molar-refractivity contribution in [2.24, 2.45) is 0 Å². The van der Waals surface area contributed by atoms with Gasteiger partial charge in [0.25, 0.3) is 0 Å². The second-order valence-electron chi connectivity index (χ2n) is 7.96. The van der Waals surface area contributed by atoms with Crippen molar-refractivity contribution in [3.8, 4) is 17.0 Å². The highest BCUT2D eigenvalue weighted by molar-refractivity contribution is 5.62. The van der Waals surface area contributed by atoms with Gasteiger partial charge in [-0.05, 0) is 38.1 Å². The molecule has 1 aliphatic heterocycles. The lowest BCUT2D eigenvalue weighted by molar-refractivity contribution is 0.152. The van der Waals surface area contributed by atoms with E-state index in [-0.39, 0.29) is 5.56 Å². The number of halogens is 2. The summed E-state index contributed by atoms with van der Waals surface area (Å²) < 4.78 is 33.2. The van der Waals surface area contributed by atoms with Crippen LogP contribution in [0.4, 0.5) is 14.5 Å². The van der Waals surface area contributed by atoms with Gasteiger partial charge in [0.05, 0.1) is 30.7 Å². The van der Waals surface area contributed by atoms with Crippen LogP contribution in [0.25, 0.3) is 11.3 Å². The van der Waals surface area contributed by atoms with Crippen molar-refractivity contribution in [1.82, 2.24) is 9.88 Å². The first-order valence-electron chi connectivity index (χ1n) is 9.95. The van der Waals surface area contributed by atoms with Crippen molar-refractivity contribution in [2.45, 2.75) is 19.4 Å². The van der Waals surface area contributed by atoms with Crippen molar-refractivity contribution in [3.63, 3.8) is 0 Å². The largest absolute Gasteiger partial charge is 0.497 e. The van der Waals surface area contributed by atoms with Crippen molar-refractivity contribution in [2.75, 3.05) is 31.8 Å². The molecule has 1 aliphatic rings. The number of benzene rings is 2. The molecule has 0 saturated carbocycles. The second-order valence-corrected chi connectivity index (χ2v) is 7.96. The normalized spacial score (nSPS) is 14.9. The Hall–Kier alpha value is -2.99. The molecular formula is C24H25F2N3O. The average molecular weight is 409 g/mol. The lowest BCUT2D eigenvalue weighted by Crippen LogP contribution is -2.41. The molecule has 0 spiro atoms. The van der Waals surface area contributed by atoms with Crippen molar-refractivity contribution in [1.29, 1.82) is 0 Å². The lowest BCUT2D eigenvalue weighted by Gasteiger charge is -2.35. The maximum Gasteiger partial charge on any atom is 0.135 e. The predicted molar refractivity (Wildman–Crippen MR) is 115 cm³/mol. The van der Waals surface area contributed by atoms with Gasteiger partial charge in [0.15, 0.2) is 0 Å². The van der Waals surface area contributed by atoms with E-state index < -0.39 is 17.2 Å². The van der Waals surface area contributed by atoms with Crippen LogP contribution in [0.2, 0.25) is 0 Å². The maximum absolute atomic E-state index is 14.4. The number of anilines is 1. The highest BCUT2D eigenvalue weighted by atomic mass is 19.1. The van der Waals surface area contributed by atoms with Crippen LogP contribution in [0.5, 0.6) is 5.75 Å². The minimum Gasteiger partial charge on any atom is -0.497 e. The summed E-state index contributed by atoms with van der Waals surface area (Å²) in [5, 5.41) is 0. The van der Waals surface area contributed by atoms with Gasteiger partial charge in [-0.3, -0.25) is 9.88 Å². The zero-order chi connectivity index (χ0) is 21.3. The molecule has 0 atom stereocenters. The average Bonchev–Trinajstić information content (AvgIpc) is 3.25. The molecule has 0 N–H and O–H groups in total. The number of para-hydroxylation sites is 1. The summed E-state index contributed by atoms with van der Waals surface area (Å²) in [6.45, 7) is 6.76. The van der Waals surface area contributed by atoms with E-state index in [0.29, 0.717) is 11.4 Å². The Labute approximate surface area is 175 Å². The van der Waals surface area contributed by atoms with Gasteiger partial charge >= 0.3 is 0 Å². The first-order chi connectivity index (χ1) is 14.4. The first-order valence-corrected chi connectivity index (χ1v) is 9.95. The quantitative estimate of drug-likeness (QED) is 0.590. The number of hydrogen-bond donors (Lipinski definition) is 0. The van der Waals surface area contributed by atoms with Gasteiger partial charge in [0.2, 0.25) is 0 Å². The Balaban J connectivity index is 1.67. The number of methoxy groups -OCH3 is 1.